The van der Waals surface area contributed by atoms with Gasteiger partial charge in [-0.2, -0.15) is 0 Å². The Kier molecular flexibility index (Phi) is 4.20. The fraction of sp³-hybridized carbons (Fsp3) is 0.167. The first-order valence-electron chi connectivity index (χ1n) is 7.23. The monoisotopic (exact) mass is 312 g/mol. The zero-order valence-electron chi connectivity index (χ0n) is 12.6. The van der Waals surface area contributed by atoms with Crippen LogP contribution in [0.25, 0.3) is 11.3 Å². The van der Waals surface area contributed by atoms with Crippen molar-refractivity contribution in [1.82, 2.24) is 4.98 Å². The molecule has 0 atom stereocenters. The van der Waals surface area contributed by atoms with Gasteiger partial charge < -0.3 is 5.32 Å². The Bertz CT molecular complexity index is 778. The predicted molar refractivity (Wildman–Crippen MR) is 91.3 cm³/mol. The van der Waals surface area contributed by atoms with Crippen LogP contribution in [0.2, 0.25) is 0 Å². The molecule has 3 rings (SSSR count). The average Bonchev–Trinajstić information content (AvgIpc) is 2.99. The van der Waals surface area contributed by atoms with Crippen molar-refractivity contribution in [2.24, 2.45) is 0 Å². The normalized spacial score (nSPS) is 10.7. The first-order valence-corrected chi connectivity index (χ1v) is 8.11. The summed E-state index contributed by atoms with van der Waals surface area (Å²) in [6.07, 6.45) is 1.03. The molecular formula is C18H17FN2S. The zero-order chi connectivity index (χ0) is 15.5. The molecule has 0 radical (unpaired) electrons. The highest BCUT2D eigenvalue weighted by molar-refractivity contribution is 7.14. The van der Waals surface area contributed by atoms with E-state index in [1.54, 1.807) is 24.3 Å². The highest BCUT2D eigenvalue weighted by atomic mass is 32.1. The van der Waals surface area contributed by atoms with Gasteiger partial charge in [0.1, 0.15) is 5.82 Å². The first kappa shape index (κ1) is 14.7. The maximum atomic E-state index is 13.3. The summed E-state index contributed by atoms with van der Waals surface area (Å²) < 4.78 is 13.3. The lowest BCUT2D eigenvalue weighted by Gasteiger charge is -2.03. The van der Waals surface area contributed by atoms with E-state index < -0.39 is 0 Å². The molecule has 0 saturated heterocycles. The maximum Gasteiger partial charge on any atom is 0.187 e. The molecule has 22 heavy (non-hydrogen) atoms. The number of aromatic nitrogens is 1. The number of nitrogens with zero attached hydrogens (tertiary/aromatic N) is 1. The molecule has 1 aromatic heterocycles. The molecule has 0 unspecified atom stereocenters. The lowest BCUT2D eigenvalue weighted by molar-refractivity contribution is 0.619. The molecule has 0 aliphatic carbocycles. The van der Waals surface area contributed by atoms with Gasteiger partial charge >= 0.3 is 0 Å². The van der Waals surface area contributed by atoms with Crippen molar-refractivity contribution >= 4 is 22.2 Å². The van der Waals surface area contributed by atoms with Gasteiger partial charge in [-0.25, -0.2) is 9.37 Å². The molecule has 1 heterocycles. The Balaban J connectivity index is 1.79. The molecule has 3 aromatic rings. The van der Waals surface area contributed by atoms with Gasteiger partial charge in [0.05, 0.1) is 5.69 Å². The van der Waals surface area contributed by atoms with E-state index in [1.165, 1.54) is 11.6 Å². The van der Waals surface area contributed by atoms with Crippen LogP contribution < -0.4 is 5.32 Å². The second-order valence-electron chi connectivity index (χ2n) is 5.18. The summed E-state index contributed by atoms with van der Waals surface area (Å²) in [6, 6.07) is 13.4. The summed E-state index contributed by atoms with van der Waals surface area (Å²) >= 11 is 1.54. The van der Waals surface area contributed by atoms with Crippen LogP contribution in [-0.2, 0) is 6.42 Å². The van der Waals surface area contributed by atoms with E-state index >= 15 is 0 Å². The second-order valence-corrected chi connectivity index (χ2v) is 6.04. The van der Waals surface area contributed by atoms with Crippen molar-refractivity contribution < 1.29 is 4.39 Å². The Labute approximate surface area is 133 Å². The quantitative estimate of drug-likeness (QED) is 0.682. The van der Waals surface area contributed by atoms with Gasteiger partial charge in [-0.1, -0.05) is 19.1 Å². The van der Waals surface area contributed by atoms with Gasteiger partial charge in [0.25, 0.3) is 0 Å². The van der Waals surface area contributed by atoms with Crippen molar-refractivity contribution in [3.8, 4) is 11.3 Å². The molecule has 112 valence electrons. The lowest BCUT2D eigenvalue weighted by atomic mass is 10.1. The molecule has 2 aromatic carbocycles. The number of anilines is 2. The third-order valence-electron chi connectivity index (χ3n) is 3.57. The van der Waals surface area contributed by atoms with Crippen LogP contribution in [-0.4, -0.2) is 4.98 Å². The fourth-order valence-corrected chi connectivity index (χ4v) is 2.95. The molecule has 0 fully saturated rings. The number of halogens is 1. The van der Waals surface area contributed by atoms with Crippen molar-refractivity contribution in [1.29, 1.82) is 0 Å². The van der Waals surface area contributed by atoms with Gasteiger partial charge in [-0.05, 0) is 54.8 Å². The third-order valence-corrected chi connectivity index (χ3v) is 4.33. The molecule has 0 spiro atoms. The summed E-state index contributed by atoms with van der Waals surface area (Å²) in [5.41, 5.74) is 4.76. The first-order chi connectivity index (χ1) is 10.7. The number of benzene rings is 2. The highest BCUT2D eigenvalue weighted by Crippen LogP contribution is 2.28. The van der Waals surface area contributed by atoms with Gasteiger partial charge in [0.2, 0.25) is 0 Å². The topological polar surface area (TPSA) is 24.9 Å². The lowest BCUT2D eigenvalue weighted by Crippen LogP contribution is -1.90. The van der Waals surface area contributed by atoms with E-state index in [2.05, 4.69) is 41.5 Å². The number of rotatable bonds is 4. The number of hydrogen-bond acceptors (Lipinski definition) is 3. The third kappa shape index (κ3) is 3.17. The molecule has 0 bridgehead atoms. The highest BCUT2D eigenvalue weighted by Gasteiger charge is 2.07. The summed E-state index contributed by atoms with van der Waals surface area (Å²) in [5, 5.41) is 6.12. The Morgan fingerprint density at radius 2 is 1.91 bits per heavy atom. The number of thiazole rings is 1. The molecule has 0 aliphatic rings. The van der Waals surface area contributed by atoms with Gasteiger partial charge in [0, 0.05) is 16.6 Å². The van der Waals surface area contributed by atoms with Crippen molar-refractivity contribution in [2.45, 2.75) is 20.3 Å². The minimum absolute atomic E-state index is 0.187. The van der Waals surface area contributed by atoms with E-state index in [0.29, 0.717) is 5.56 Å². The fourth-order valence-electron chi connectivity index (χ4n) is 2.22. The summed E-state index contributed by atoms with van der Waals surface area (Å²) in [6.45, 7) is 3.90. The zero-order valence-corrected chi connectivity index (χ0v) is 13.4. The molecule has 0 saturated carbocycles. The van der Waals surface area contributed by atoms with Crippen LogP contribution in [0.4, 0.5) is 15.2 Å². The van der Waals surface area contributed by atoms with E-state index in [-0.39, 0.29) is 5.82 Å². The smallest absolute Gasteiger partial charge is 0.187 e. The maximum absolute atomic E-state index is 13.3. The predicted octanol–water partition coefficient (Wildman–Crippen LogP) is 5.56. The van der Waals surface area contributed by atoms with Crippen LogP contribution in [0.1, 0.15) is 18.1 Å². The second kappa shape index (κ2) is 6.28. The van der Waals surface area contributed by atoms with Crippen LogP contribution >= 0.6 is 11.3 Å². The molecule has 4 heteroatoms. The summed E-state index contributed by atoms with van der Waals surface area (Å²) in [4.78, 5) is 4.57. The largest absolute Gasteiger partial charge is 0.332 e. The molecular weight excluding hydrogens is 295 g/mol. The van der Waals surface area contributed by atoms with E-state index in [1.807, 2.05) is 11.4 Å². The van der Waals surface area contributed by atoms with Crippen LogP contribution in [0.3, 0.4) is 0 Å². The van der Waals surface area contributed by atoms with Gasteiger partial charge in [-0.3, -0.25) is 0 Å². The minimum atomic E-state index is -0.187. The van der Waals surface area contributed by atoms with E-state index in [9.17, 15) is 4.39 Å². The Morgan fingerprint density at radius 3 is 2.59 bits per heavy atom. The van der Waals surface area contributed by atoms with Crippen LogP contribution in [0.15, 0.2) is 47.8 Å². The molecule has 2 nitrogen and oxygen atoms in total. The van der Waals surface area contributed by atoms with E-state index in [4.69, 9.17) is 0 Å². The van der Waals surface area contributed by atoms with Crippen LogP contribution in [0, 0.1) is 12.7 Å². The van der Waals surface area contributed by atoms with Gasteiger partial charge in [0.15, 0.2) is 5.13 Å². The number of nitrogens with one attached hydrogen (secondary N) is 1. The molecule has 1 N–H and O–H groups in total. The average molecular weight is 312 g/mol. The minimum Gasteiger partial charge on any atom is -0.332 e. The number of aryl methyl sites for hydroxylation is 2. The SMILES string of the molecule is CCc1ccc(Nc2nc(-c3ccc(F)c(C)c3)cs2)cc1. The van der Waals surface area contributed by atoms with Crippen molar-refractivity contribution in [3.05, 3.63) is 64.8 Å². The van der Waals surface area contributed by atoms with E-state index in [0.717, 1.165) is 28.5 Å². The van der Waals surface area contributed by atoms with Crippen molar-refractivity contribution in [2.75, 3.05) is 5.32 Å². The Morgan fingerprint density at radius 1 is 1.14 bits per heavy atom. The summed E-state index contributed by atoms with van der Waals surface area (Å²) in [7, 11) is 0. The molecule has 0 amide bonds. The summed E-state index contributed by atoms with van der Waals surface area (Å²) in [5.74, 6) is -0.187. The van der Waals surface area contributed by atoms with Gasteiger partial charge in [-0.15, -0.1) is 11.3 Å². The number of hydrogen-bond donors (Lipinski definition) is 1. The standard InChI is InChI=1S/C18H17FN2S/c1-3-13-4-7-15(8-5-13)20-18-21-17(11-22-18)14-6-9-16(19)12(2)10-14/h4-11H,3H2,1-2H3,(H,20,21). The Hall–Kier alpha value is -2.20. The van der Waals surface area contributed by atoms with Crippen molar-refractivity contribution in [3.63, 3.8) is 0 Å². The van der Waals surface area contributed by atoms with Crippen LogP contribution in [0.5, 0.6) is 0 Å². The molecule has 0 aliphatic heterocycles.